The summed E-state index contributed by atoms with van der Waals surface area (Å²) < 4.78 is 6.24. The summed E-state index contributed by atoms with van der Waals surface area (Å²) >= 11 is 1.23. The second-order valence-electron chi connectivity index (χ2n) is 6.54. The molecule has 4 aromatic rings. The van der Waals surface area contributed by atoms with E-state index in [1.54, 1.807) is 0 Å². The highest BCUT2D eigenvalue weighted by molar-refractivity contribution is 7.16. The van der Waals surface area contributed by atoms with Gasteiger partial charge in [-0.2, -0.15) is 0 Å². The number of hydrogen-bond acceptors (Lipinski definition) is 8. The minimum absolute atomic E-state index is 0.185. The number of amides is 1. The van der Waals surface area contributed by atoms with Crippen molar-refractivity contribution in [2.75, 3.05) is 12.4 Å². The zero-order valence-corrected chi connectivity index (χ0v) is 17.3. The molecule has 1 amide bonds. The van der Waals surface area contributed by atoms with E-state index in [1.165, 1.54) is 29.5 Å². The second kappa shape index (κ2) is 9.26. The molecule has 0 aliphatic carbocycles. The Balaban J connectivity index is 1.63. The maximum atomic E-state index is 13.2. The summed E-state index contributed by atoms with van der Waals surface area (Å²) in [6.45, 7) is 0. The minimum atomic E-state index is -0.792. The van der Waals surface area contributed by atoms with Gasteiger partial charge in [-0.25, -0.2) is 14.5 Å². The molecule has 0 aliphatic rings. The molecule has 0 spiro atoms. The number of nitrogens with zero attached hydrogens (tertiary/aromatic N) is 5. The van der Waals surface area contributed by atoms with E-state index in [0.29, 0.717) is 22.0 Å². The molecule has 31 heavy (non-hydrogen) atoms. The SMILES string of the molecule is COC(=O)c1nc(NC(=O)C(c2ccccc2)n2cnnn2)sc1Cc1ccccc1. The molecule has 0 aliphatic heterocycles. The van der Waals surface area contributed by atoms with Crippen molar-refractivity contribution in [3.63, 3.8) is 0 Å². The second-order valence-corrected chi connectivity index (χ2v) is 7.62. The standard InChI is InChI=1S/C21H18N6O3S/c1-30-20(29)17-16(12-14-8-4-2-5-9-14)31-21(23-17)24-19(28)18(27-13-22-25-26-27)15-10-6-3-7-11-15/h2-11,13,18H,12H2,1H3,(H,23,24,28). The molecule has 9 nitrogen and oxygen atoms in total. The fourth-order valence-corrected chi connectivity index (χ4v) is 4.07. The van der Waals surface area contributed by atoms with Gasteiger partial charge in [-0.3, -0.25) is 10.1 Å². The van der Waals surface area contributed by atoms with Gasteiger partial charge in [-0.05, 0) is 21.6 Å². The quantitative estimate of drug-likeness (QED) is 0.445. The summed E-state index contributed by atoms with van der Waals surface area (Å²) in [4.78, 5) is 30.4. The number of rotatable bonds is 7. The van der Waals surface area contributed by atoms with Gasteiger partial charge in [-0.15, -0.1) is 16.4 Å². The predicted octanol–water partition coefficient (Wildman–Crippen LogP) is 2.74. The number of nitrogens with one attached hydrogen (secondary N) is 1. The molecule has 156 valence electrons. The number of hydrogen-bond donors (Lipinski definition) is 1. The van der Waals surface area contributed by atoms with Gasteiger partial charge in [-0.1, -0.05) is 60.7 Å². The Bertz CT molecular complexity index is 1160. The van der Waals surface area contributed by atoms with Crippen molar-refractivity contribution in [1.82, 2.24) is 25.2 Å². The summed E-state index contributed by atoms with van der Waals surface area (Å²) in [6.07, 6.45) is 1.87. The van der Waals surface area contributed by atoms with Crippen LogP contribution in [0.3, 0.4) is 0 Å². The average Bonchev–Trinajstić information content (AvgIpc) is 3.45. The third-order valence-electron chi connectivity index (χ3n) is 4.51. The summed E-state index contributed by atoms with van der Waals surface area (Å²) in [5.41, 5.74) is 1.91. The van der Waals surface area contributed by atoms with E-state index in [4.69, 9.17) is 4.74 Å². The smallest absolute Gasteiger partial charge is 0.357 e. The number of aromatic nitrogens is 5. The molecule has 2 heterocycles. The molecule has 1 unspecified atom stereocenters. The van der Waals surface area contributed by atoms with Crippen LogP contribution >= 0.6 is 11.3 Å². The number of thiazole rings is 1. The van der Waals surface area contributed by atoms with Crippen molar-refractivity contribution in [2.45, 2.75) is 12.5 Å². The van der Waals surface area contributed by atoms with Gasteiger partial charge in [0.2, 0.25) is 0 Å². The lowest BCUT2D eigenvalue weighted by Crippen LogP contribution is -2.27. The van der Waals surface area contributed by atoms with Crippen LogP contribution in [0, 0.1) is 0 Å². The monoisotopic (exact) mass is 434 g/mol. The molecule has 2 aromatic heterocycles. The summed E-state index contributed by atoms with van der Waals surface area (Å²) in [5.74, 6) is -0.933. The van der Waals surface area contributed by atoms with Gasteiger partial charge in [0.15, 0.2) is 16.9 Å². The molecule has 10 heteroatoms. The number of benzene rings is 2. The van der Waals surface area contributed by atoms with E-state index in [9.17, 15) is 9.59 Å². The van der Waals surface area contributed by atoms with E-state index < -0.39 is 12.0 Å². The van der Waals surface area contributed by atoms with Gasteiger partial charge in [0.1, 0.15) is 6.33 Å². The Morgan fingerprint density at radius 2 is 1.81 bits per heavy atom. The van der Waals surface area contributed by atoms with E-state index in [-0.39, 0.29) is 11.6 Å². The first kappa shape index (κ1) is 20.4. The lowest BCUT2D eigenvalue weighted by Gasteiger charge is -2.15. The first-order valence-electron chi connectivity index (χ1n) is 9.36. The van der Waals surface area contributed by atoms with Crippen LogP contribution in [0.1, 0.15) is 32.5 Å². The zero-order valence-electron chi connectivity index (χ0n) is 16.5. The third kappa shape index (κ3) is 4.64. The van der Waals surface area contributed by atoms with Crippen molar-refractivity contribution in [2.24, 2.45) is 0 Å². The molecule has 0 fully saturated rings. The Hall–Kier alpha value is -3.92. The molecule has 0 saturated heterocycles. The van der Waals surface area contributed by atoms with Crippen molar-refractivity contribution in [3.8, 4) is 0 Å². The van der Waals surface area contributed by atoms with E-state index in [2.05, 4.69) is 25.8 Å². The van der Waals surface area contributed by atoms with Gasteiger partial charge >= 0.3 is 5.97 Å². The number of carbonyl (C=O) groups excluding carboxylic acids is 2. The highest BCUT2D eigenvalue weighted by Gasteiger charge is 2.26. The zero-order chi connectivity index (χ0) is 21.6. The average molecular weight is 434 g/mol. The normalized spacial score (nSPS) is 11.6. The third-order valence-corrected chi connectivity index (χ3v) is 5.48. The lowest BCUT2D eigenvalue weighted by atomic mass is 10.1. The Morgan fingerprint density at radius 1 is 1.10 bits per heavy atom. The highest BCUT2D eigenvalue weighted by Crippen LogP contribution is 2.28. The van der Waals surface area contributed by atoms with Crippen LogP contribution < -0.4 is 5.32 Å². The Labute approximate surface area is 181 Å². The molecule has 0 radical (unpaired) electrons. The van der Waals surface area contributed by atoms with E-state index >= 15 is 0 Å². The lowest BCUT2D eigenvalue weighted by molar-refractivity contribution is -0.118. The first-order chi connectivity index (χ1) is 15.2. The number of carbonyl (C=O) groups is 2. The fraction of sp³-hybridized carbons (Fsp3) is 0.143. The summed E-state index contributed by atoms with van der Waals surface area (Å²) in [5, 5.41) is 14.2. The van der Waals surface area contributed by atoms with Gasteiger partial charge in [0.05, 0.1) is 7.11 Å². The van der Waals surface area contributed by atoms with E-state index in [0.717, 1.165) is 5.56 Å². The Kier molecular flexibility index (Phi) is 6.08. The first-order valence-corrected chi connectivity index (χ1v) is 10.2. The van der Waals surface area contributed by atoms with Crippen LogP contribution in [0.2, 0.25) is 0 Å². The fourth-order valence-electron chi connectivity index (χ4n) is 3.08. The van der Waals surface area contributed by atoms with Crippen LogP contribution in [0.25, 0.3) is 0 Å². The molecule has 2 aromatic carbocycles. The number of tetrazole rings is 1. The molecule has 0 saturated carbocycles. The van der Waals surface area contributed by atoms with Gasteiger partial charge in [0.25, 0.3) is 5.91 Å². The molecule has 1 atom stereocenters. The van der Waals surface area contributed by atoms with Gasteiger partial charge in [0, 0.05) is 11.3 Å². The van der Waals surface area contributed by atoms with Crippen molar-refractivity contribution in [3.05, 3.63) is 88.7 Å². The highest BCUT2D eigenvalue weighted by atomic mass is 32.1. The van der Waals surface area contributed by atoms with Crippen molar-refractivity contribution < 1.29 is 14.3 Å². The van der Waals surface area contributed by atoms with Crippen LogP contribution in [0.5, 0.6) is 0 Å². The minimum Gasteiger partial charge on any atom is -0.464 e. The summed E-state index contributed by atoms with van der Waals surface area (Å²) in [7, 11) is 1.30. The topological polar surface area (TPSA) is 112 Å². The predicted molar refractivity (Wildman–Crippen MR) is 114 cm³/mol. The molecule has 0 bridgehead atoms. The number of methoxy groups -OCH3 is 1. The van der Waals surface area contributed by atoms with E-state index in [1.807, 2.05) is 60.7 Å². The van der Waals surface area contributed by atoms with Crippen LogP contribution in [-0.2, 0) is 16.0 Å². The maximum Gasteiger partial charge on any atom is 0.357 e. The Morgan fingerprint density at radius 3 is 2.45 bits per heavy atom. The van der Waals surface area contributed by atoms with Crippen LogP contribution in [0.4, 0.5) is 5.13 Å². The maximum absolute atomic E-state index is 13.2. The largest absolute Gasteiger partial charge is 0.464 e. The van der Waals surface area contributed by atoms with Crippen LogP contribution in [0.15, 0.2) is 67.0 Å². The van der Waals surface area contributed by atoms with Crippen molar-refractivity contribution in [1.29, 1.82) is 0 Å². The number of anilines is 1. The molecule has 1 N–H and O–H groups in total. The number of esters is 1. The molecular weight excluding hydrogens is 416 g/mol. The molecular formula is C21H18N6O3S. The van der Waals surface area contributed by atoms with Gasteiger partial charge < -0.3 is 4.74 Å². The summed E-state index contributed by atoms with van der Waals surface area (Å²) in [6, 6.07) is 18.0. The molecule has 4 rings (SSSR count). The van der Waals surface area contributed by atoms with Crippen LogP contribution in [-0.4, -0.2) is 44.2 Å². The van der Waals surface area contributed by atoms with Crippen molar-refractivity contribution >= 4 is 28.3 Å². The number of ether oxygens (including phenoxy) is 1.